The second kappa shape index (κ2) is 156. The van der Waals surface area contributed by atoms with Crippen molar-refractivity contribution in [2.24, 2.45) is 0 Å². The first-order valence-corrected chi connectivity index (χ1v) is 4.96. The molecule has 0 bridgehead atoms. The molecule has 0 aliphatic heterocycles. The third-order valence-corrected chi connectivity index (χ3v) is 0. The molecule has 0 heterocycles. The summed E-state index contributed by atoms with van der Waals surface area (Å²) in [6.45, 7) is 0. The Morgan fingerprint density at radius 3 is 0.529 bits per heavy atom. The van der Waals surface area contributed by atoms with Crippen molar-refractivity contribution in [1.82, 2.24) is 0 Å². The van der Waals surface area contributed by atoms with Gasteiger partial charge in [-0.15, -0.1) is 0 Å². The molecule has 17 heavy (non-hydrogen) atoms. The van der Waals surface area contributed by atoms with E-state index in [9.17, 15) is 3.09 Å². The molecule has 12 heteroatoms. The van der Waals surface area contributed by atoms with Crippen LogP contribution in [0.25, 0.3) is 27.0 Å². The number of rotatable bonds is 0. The number of isothiocyanates is 5. The van der Waals surface area contributed by atoms with Gasteiger partial charge in [0.25, 0.3) is 0 Å². The van der Waals surface area contributed by atoms with Crippen LogP contribution in [0.1, 0.15) is 0 Å². The molecule has 0 saturated carbocycles. The van der Waals surface area contributed by atoms with Gasteiger partial charge in [-0.05, 0) is 0 Å². The molecule has 0 rings (SSSR count). The molecule has 0 radical (unpaired) electrons. The summed E-state index contributed by atoms with van der Waals surface area (Å²) in [6.07, 6.45) is 0. The summed E-state index contributed by atoms with van der Waals surface area (Å²) < 4.78 is 9.50. The van der Waals surface area contributed by atoms with Crippen LogP contribution in [0.2, 0.25) is 0 Å². The van der Waals surface area contributed by atoms with Gasteiger partial charge in [-0.2, -0.15) is 25.8 Å². The molecule has 5 nitrogen and oxygen atoms in total. The Labute approximate surface area is 137 Å². The Morgan fingerprint density at radius 1 is 0.529 bits per heavy atom. The van der Waals surface area contributed by atoms with E-state index in [0.717, 1.165) is 0 Å². The number of thiocarbonyl (C=S) groups is 5. The van der Waals surface area contributed by atoms with Crippen LogP contribution in [0.3, 0.4) is 0 Å². The maximum atomic E-state index is 9.50. The summed E-state index contributed by atoms with van der Waals surface area (Å²) in [7, 11) is 0. The molecule has 0 fully saturated rings. The third kappa shape index (κ3) is 23000. The molecular weight excluding hydrogens is 357 g/mol. The molecule has 0 spiro atoms. The van der Waals surface area contributed by atoms with E-state index in [2.05, 4.69) is 61.1 Å². The molecule has 0 atom stereocenters. The SMILES string of the molecule is [F][Ti+3].[N-]=C=S.[N-]=C=S.[N-]=C=S.[N-]=C=S.[N-]=C=S. The van der Waals surface area contributed by atoms with Gasteiger partial charge in [0.2, 0.25) is 0 Å². The molecular formula is C5FN5S5Ti-2. The van der Waals surface area contributed by atoms with Crippen molar-refractivity contribution in [3.05, 3.63) is 27.0 Å². The number of nitrogens with zero attached hydrogens (tertiary/aromatic N) is 5. The van der Waals surface area contributed by atoms with Crippen LogP contribution in [0.4, 0.5) is 3.09 Å². The second-order valence-electron chi connectivity index (χ2n) is 0.456. The Morgan fingerprint density at radius 2 is 0.529 bits per heavy atom. The Hall–Kier alpha value is -0.356. The normalized spacial score (nSPS) is 2.76. The first kappa shape index (κ1) is 36.0. The zero-order chi connectivity index (χ0) is 15.5. The minimum atomic E-state index is 0.500. The molecule has 88 valence electrons. The monoisotopic (exact) mass is 357 g/mol. The van der Waals surface area contributed by atoms with Gasteiger partial charge < -0.3 is 27.0 Å². The molecule has 0 aromatic heterocycles. The van der Waals surface area contributed by atoms with Crippen molar-refractivity contribution in [3.63, 3.8) is 0 Å². The van der Waals surface area contributed by atoms with Gasteiger partial charge >= 0.3 is 24.1 Å². The third-order valence-electron chi connectivity index (χ3n) is 0. The van der Waals surface area contributed by atoms with Gasteiger partial charge in [0, 0.05) is 0 Å². The van der Waals surface area contributed by atoms with E-state index < -0.39 is 0 Å². The van der Waals surface area contributed by atoms with Crippen molar-refractivity contribution >= 4 is 86.9 Å². The minimum absolute atomic E-state index is 0.500. The summed E-state index contributed by atoms with van der Waals surface area (Å²) in [5, 5.41) is 42.3. The molecule has 0 aromatic carbocycles. The maximum absolute atomic E-state index is 9.50. The topological polar surface area (TPSA) is 112 Å². The fourth-order valence-corrected chi connectivity index (χ4v) is 0. The summed E-state index contributed by atoms with van der Waals surface area (Å²) >= 11 is 19.0. The van der Waals surface area contributed by atoms with Crippen LogP contribution in [0.5, 0.6) is 0 Å². The van der Waals surface area contributed by atoms with Crippen LogP contribution in [-0.4, -0.2) is 25.8 Å². The molecule has 0 unspecified atom stereocenters. The first-order valence-electron chi connectivity index (χ1n) is 2.33. The summed E-state index contributed by atoms with van der Waals surface area (Å²) in [4.78, 5) is 0. The van der Waals surface area contributed by atoms with E-state index >= 15 is 0 Å². The van der Waals surface area contributed by atoms with E-state index in [1.54, 1.807) is 0 Å². The molecule has 0 amide bonds. The largest absolute Gasteiger partial charge is 0.753 e. The Balaban J connectivity index is -0.0000000215. The quantitative estimate of drug-likeness (QED) is 0.373. The maximum Gasteiger partial charge on any atom is -0.0548 e. The molecule has 0 N–H and O–H groups in total. The van der Waals surface area contributed by atoms with Crippen LogP contribution < -0.4 is 0 Å². The molecule has 0 aromatic rings. The Bertz CT molecular complexity index is 209. The summed E-state index contributed by atoms with van der Waals surface area (Å²) in [5.41, 5.74) is 0. The van der Waals surface area contributed by atoms with Gasteiger partial charge in [-0.1, -0.05) is 61.1 Å². The summed E-state index contributed by atoms with van der Waals surface area (Å²) in [6, 6.07) is 0. The molecule has 0 aliphatic carbocycles. The predicted molar refractivity (Wildman–Crippen MR) is 80.9 cm³/mol. The number of hydrogen-bond donors (Lipinski definition) is 0. The van der Waals surface area contributed by atoms with Crippen molar-refractivity contribution in [2.45, 2.75) is 0 Å². The number of halogens is 1. The van der Waals surface area contributed by atoms with E-state index in [0.29, 0.717) is 21.0 Å². The molecule has 0 saturated heterocycles. The fraction of sp³-hybridized carbons (Fsp3) is 0. The van der Waals surface area contributed by atoms with Crippen LogP contribution in [-0.2, 0) is 21.0 Å². The van der Waals surface area contributed by atoms with Gasteiger partial charge in [-0.3, -0.25) is 0 Å². The smallest absolute Gasteiger partial charge is 0.0548 e. The number of hydrogen-bond acceptors (Lipinski definition) is 5. The molecule has 0 aliphatic rings. The van der Waals surface area contributed by atoms with E-state index in [-0.39, 0.29) is 0 Å². The second-order valence-corrected chi connectivity index (χ2v) is 1.37. The van der Waals surface area contributed by atoms with Crippen molar-refractivity contribution in [2.75, 3.05) is 0 Å². The van der Waals surface area contributed by atoms with Crippen LogP contribution >= 0.6 is 61.1 Å². The average Bonchev–Trinajstić information content (AvgIpc) is 2.25. The standard InChI is InChI=1S/5CNS.FH.Ti/c5*2-1-3;;/h;;;;;1H;/q5*-1;;+4/p-1. The summed E-state index contributed by atoms with van der Waals surface area (Å²) in [5.74, 6) is 0. The predicted octanol–water partition coefficient (Wildman–Crippen LogP) is 3.71. The van der Waals surface area contributed by atoms with Gasteiger partial charge in [0.1, 0.15) is 0 Å². The van der Waals surface area contributed by atoms with Crippen molar-refractivity contribution < 1.29 is 24.1 Å². The van der Waals surface area contributed by atoms with Gasteiger partial charge in [0.15, 0.2) is 0 Å². The van der Waals surface area contributed by atoms with E-state index in [1.807, 2.05) is 0 Å². The fourth-order valence-electron chi connectivity index (χ4n) is 0. The van der Waals surface area contributed by atoms with Crippen LogP contribution in [0, 0.1) is 0 Å². The first-order chi connectivity index (χ1) is 8.07. The minimum Gasteiger partial charge on any atom is -0.753 e. The van der Waals surface area contributed by atoms with Gasteiger partial charge in [-0.25, -0.2) is 0 Å². The average molecular weight is 357 g/mol. The van der Waals surface area contributed by atoms with E-state index in [1.165, 1.54) is 25.8 Å². The van der Waals surface area contributed by atoms with Crippen molar-refractivity contribution in [1.29, 1.82) is 0 Å². The van der Waals surface area contributed by atoms with E-state index in [4.69, 9.17) is 27.0 Å². The Kier molecular flexibility index (Phi) is 329. The van der Waals surface area contributed by atoms with Crippen molar-refractivity contribution in [3.8, 4) is 0 Å². The van der Waals surface area contributed by atoms with Crippen LogP contribution in [0.15, 0.2) is 0 Å². The van der Waals surface area contributed by atoms with Gasteiger partial charge in [0.05, 0.1) is 0 Å². The zero-order valence-electron chi connectivity index (χ0n) is 7.66. The zero-order valence-corrected chi connectivity index (χ0v) is 13.3.